The second-order valence-electron chi connectivity index (χ2n) is 3.57. The Morgan fingerprint density at radius 2 is 1.86 bits per heavy atom. The van der Waals surface area contributed by atoms with Crippen molar-refractivity contribution in [2.45, 2.75) is 19.4 Å². The van der Waals surface area contributed by atoms with Crippen LogP contribution in [0.3, 0.4) is 0 Å². The van der Waals surface area contributed by atoms with Crippen LogP contribution in [0.15, 0.2) is 36.4 Å². The summed E-state index contributed by atoms with van der Waals surface area (Å²) in [6, 6.07) is 9.93. The third-order valence-electron chi connectivity index (χ3n) is 1.54. The first-order valence-corrected chi connectivity index (χ1v) is 4.54. The fourth-order valence-corrected chi connectivity index (χ4v) is 0.920. The number of benzene rings is 1. The van der Waals surface area contributed by atoms with E-state index in [0.717, 1.165) is 5.56 Å². The fraction of sp³-hybridized carbons (Fsp3) is 0.231. The highest BCUT2D eigenvalue weighted by atomic mass is 16.3. The molecule has 0 aromatic heterocycles. The minimum absolute atomic E-state index is 0.916. The molecule has 0 heterocycles. The lowest BCUT2D eigenvalue weighted by atomic mass is 10.1. The lowest BCUT2D eigenvalue weighted by Crippen LogP contribution is -2.14. The predicted molar refractivity (Wildman–Crippen MR) is 59.5 cm³/mol. The first-order chi connectivity index (χ1) is 6.58. The van der Waals surface area contributed by atoms with E-state index in [-0.39, 0.29) is 0 Å². The summed E-state index contributed by atoms with van der Waals surface area (Å²) in [5.74, 6) is 5.50. The first kappa shape index (κ1) is 10.6. The molecule has 0 aliphatic rings. The Hall–Kier alpha value is -1.52. The van der Waals surface area contributed by atoms with Crippen LogP contribution in [0.25, 0.3) is 6.08 Å². The van der Waals surface area contributed by atoms with Crippen molar-refractivity contribution < 1.29 is 5.11 Å². The number of hydrogen-bond acceptors (Lipinski definition) is 1. The number of allylic oxidation sites excluding steroid dienone is 1. The minimum Gasteiger partial charge on any atom is -0.378 e. The van der Waals surface area contributed by atoms with Gasteiger partial charge >= 0.3 is 0 Å². The van der Waals surface area contributed by atoms with Crippen LogP contribution in [-0.4, -0.2) is 10.7 Å². The van der Waals surface area contributed by atoms with E-state index in [9.17, 15) is 5.11 Å². The lowest BCUT2D eigenvalue weighted by Gasteiger charge is -2.04. The third-order valence-corrected chi connectivity index (χ3v) is 1.54. The van der Waals surface area contributed by atoms with Crippen molar-refractivity contribution in [1.82, 2.24) is 0 Å². The van der Waals surface area contributed by atoms with Crippen LogP contribution in [0.5, 0.6) is 0 Å². The standard InChI is InChI=1S/C13H14O/c1-13(2,14)11-7-6-10-12-8-4-3-5-9-12/h3-6,8-10,14H,1-2H3. The molecule has 0 unspecified atom stereocenters. The largest absolute Gasteiger partial charge is 0.378 e. The van der Waals surface area contributed by atoms with Gasteiger partial charge in [-0.3, -0.25) is 0 Å². The van der Waals surface area contributed by atoms with Gasteiger partial charge in [-0.15, -0.1) is 0 Å². The van der Waals surface area contributed by atoms with Gasteiger partial charge in [0.2, 0.25) is 0 Å². The molecule has 0 saturated heterocycles. The van der Waals surface area contributed by atoms with E-state index in [1.807, 2.05) is 36.4 Å². The molecule has 0 atom stereocenters. The van der Waals surface area contributed by atoms with Gasteiger partial charge in [-0.25, -0.2) is 0 Å². The van der Waals surface area contributed by atoms with Gasteiger partial charge < -0.3 is 5.11 Å². The van der Waals surface area contributed by atoms with Crippen LogP contribution in [0.2, 0.25) is 0 Å². The molecule has 0 amide bonds. The van der Waals surface area contributed by atoms with Crippen molar-refractivity contribution in [3.8, 4) is 11.8 Å². The molecular weight excluding hydrogens is 172 g/mol. The maximum atomic E-state index is 9.31. The molecular formula is C13H14O. The van der Waals surface area contributed by atoms with E-state index < -0.39 is 5.60 Å². The van der Waals surface area contributed by atoms with Gasteiger partial charge in [-0.2, -0.15) is 0 Å². The van der Waals surface area contributed by atoms with E-state index >= 15 is 0 Å². The Kier molecular flexibility index (Phi) is 3.50. The molecule has 0 saturated carbocycles. The molecule has 0 fully saturated rings. The molecule has 14 heavy (non-hydrogen) atoms. The van der Waals surface area contributed by atoms with Crippen LogP contribution in [-0.2, 0) is 0 Å². The monoisotopic (exact) mass is 186 g/mol. The zero-order valence-electron chi connectivity index (χ0n) is 8.49. The van der Waals surface area contributed by atoms with Crippen molar-refractivity contribution >= 4 is 6.08 Å². The van der Waals surface area contributed by atoms with Crippen LogP contribution in [0.4, 0.5) is 0 Å². The summed E-state index contributed by atoms with van der Waals surface area (Å²) in [5.41, 5.74) is 0.193. The normalized spacial score (nSPS) is 11.1. The molecule has 0 radical (unpaired) electrons. The molecule has 72 valence electrons. The smallest absolute Gasteiger partial charge is 0.120 e. The summed E-state index contributed by atoms with van der Waals surface area (Å²) in [5, 5.41) is 9.31. The molecule has 0 aliphatic carbocycles. The molecule has 1 aromatic carbocycles. The summed E-state index contributed by atoms with van der Waals surface area (Å²) in [7, 11) is 0. The second-order valence-corrected chi connectivity index (χ2v) is 3.57. The van der Waals surface area contributed by atoms with E-state index in [1.165, 1.54) is 0 Å². The number of aliphatic hydroxyl groups is 1. The van der Waals surface area contributed by atoms with Gasteiger partial charge in [-0.05, 0) is 31.6 Å². The fourth-order valence-electron chi connectivity index (χ4n) is 0.920. The van der Waals surface area contributed by atoms with E-state index in [4.69, 9.17) is 0 Å². The Balaban J connectivity index is 2.61. The zero-order valence-corrected chi connectivity index (χ0v) is 8.49. The van der Waals surface area contributed by atoms with Crippen LogP contribution < -0.4 is 0 Å². The van der Waals surface area contributed by atoms with Crippen molar-refractivity contribution in [3.05, 3.63) is 42.0 Å². The van der Waals surface area contributed by atoms with Crippen molar-refractivity contribution in [2.24, 2.45) is 0 Å². The zero-order chi connectivity index (χ0) is 10.4. The molecule has 1 nitrogen and oxygen atoms in total. The van der Waals surface area contributed by atoms with Crippen molar-refractivity contribution in [1.29, 1.82) is 0 Å². The molecule has 1 heteroatoms. The summed E-state index contributed by atoms with van der Waals surface area (Å²) in [4.78, 5) is 0. The highest BCUT2D eigenvalue weighted by molar-refractivity contribution is 5.52. The van der Waals surface area contributed by atoms with E-state index in [0.29, 0.717) is 0 Å². The SMILES string of the molecule is CC(C)(O)C#CC=Cc1ccccc1. The highest BCUT2D eigenvalue weighted by Crippen LogP contribution is 2.00. The average Bonchev–Trinajstić information content (AvgIpc) is 2.13. The summed E-state index contributed by atoms with van der Waals surface area (Å²) in [6.45, 7) is 3.33. The van der Waals surface area contributed by atoms with Gasteiger partial charge in [-0.1, -0.05) is 42.2 Å². The summed E-state index contributed by atoms with van der Waals surface area (Å²) >= 11 is 0. The van der Waals surface area contributed by atoms with Gasteiger partial charge in [0.25, 0.3) is 0 Å². The quantitative estimate of drug-likeness (QED) is 0.668. The summed E-state index contributed by atoms with van der Waals surface area (Å²) < 4.78 is 0. The first-order valence-electron chi connectivity index (χ1n) is 4.54. The molecule has 0 spiro atoms. The number of hydrogen-bond donors (Lipinski definition) is 1. The highest BCUT2D eigenvalue weighted by Gasteiger charge is 2.04. The van der Waals surface area contributed by atoms with Crippen molar-refractivity contribution in [3.63, 3.8) is 0 Å². The Bertz CT molecular complexity index is 358. The average molecular weight is 186 g/mol. The Labute approximate surface area is 85.1 Å². The molecule has 0 bridgehead atoms. The Morgan fingerprint density at radius 1 is 1.21 bits per heavy atom. The van der Waals surface area contributed by atoms with Gasteiger partial charge in [0.1, 0.15) is 5.60 Å². The lowest BCUT2D eigenvalue weighted by molar-refractivity contribution is 0.143. The van der Waals surface area contributed by atoms with Crippen molar-refractivity contribution in [2.75, 3.05) is 0 Å². The van der Waals surface area contributed by atoms with Crippen LogP contribution in [0.1, 0.15) is 19.4 Å². The molecule has 1 rings (SSSR count). The summed E-state index contributed by atoms with van der Waals surface area (Å²) in [6.07, 6.45) is 3.66. The van der Waals surface area contributed by atoms with Gasteiger partial charge in [0.15, 0.2) is 0 Å². The topological polar surface area (TPSA) is 20.2 Å². The number of rotatable bonds is 1. The second kappa shape index (κ2) is 4.64. The van der Waals surface area contributed by atoms with E-state index in [1.54, 1.807) is 19.9 Å². The maximum absolute atomic E-state index is 9.31. The van der Waals surface area contributed by atoms with Gasteiger partial charge in [0, 0.05) is 0 Å². The van der Waals surface area contributed by atoms with Crippen LogP contribution in [0, 0.1) is 11.8 Å². The molecule has 1 N–H and O–H groups in total. The van der Waals surface area contributed by atoms with Gasteiger partial charge in [0.05, 0.1) is 0 Å². The predicted octanol–water partition coefficient (Wildman–Crippen LogP) is 2.47. The Morgan fingerprint density at radius 3 is 2.43 bits per heavy atom. The minimum atomic E-state index is -0.916. The molecule has 0 aliphatic heterocycles. The molecule has 1 aromatic rings. The maximum Gasteiger partial charge on any atom is 0.120 e. The third kappa shape index (κ3) is 4.49. The van der Waals surface area contributed by atoms with E-state index in [2.05, 4.69) is 11.8 Å². The van der Waals surface area contributed by atoms with Crippen LogP contribution >= 0.6 is 0 Å².